The van der Waals surface area contributed by atoms with E-state index in [9.17, 15) is 9.59 Å². The summed E-state index contributed by atoms with van der Waals surface area (Å²) in [5.74, 6) is -0.761. The second kappa shape index (κ2) is 4.56. The zero-order valence-corrected chi connectivity index (χ0v) is 11.7. The van der Waals surface area contributed by atoms with Gasteiger partial charge in [0.15, 0.2) is 0 Å². The Morgan fingerprint density at radius 1 is 1.48 bits per heavy atom. The van der Waals surface area contributed by atoms with Crippen LogP contribution in [-0.2, 0) is 10.3 Å². The number of benzene rings is 1. The Morgan fingerprint density at radius 3 is 2.90 bits per heavy atom. The highest BCUT2D eigenvalue weighted by molar-refractivity contribution is 6.36. The van der Waals surface area contributed by atoms with Crippen LogP contribution in [-0.4, -0.2) is 26.8 Å². The minimum absolute atomic E-state index is 0.00338. The number of nitrogens with one attached hydrogen (secondary N) is 2. The minimum Gasteiger partial charge on any atom is -0.477 e. The molecule has 7 nitrogen and oxygen atoms in total. The molecule has 1 atom stereocenters. The molecule has 0 bridgehead atoms. The molecular formula is C13H11ClN4O3. The van der Waals surface area contributed by atoms with Crippen LogP contribution in [0.4, 0.5) is 0 Å². The first kappa shape index (κ1) is 13.6. The van der Waals surface area contributed by atoms with Gasteiger partial charge in [-0.2, -0.15) is 5.10 Å². The van der Waals surface area contributed by atoms with Gasteiger partial charge in [-0.3, -0.25) is 10.2 Å². The molecule has 2 heterocycles. The summed E-state index contributed by atoms with van der Waals surface area (Å²) in [5.41, 5.74) is 2.03. The quantitative estimate of drug-likeness (QED) is 0.773. The van der Waals surface area contributed by atoms with Crippen LogP contribution in [0.5, 0.6) is 0 Å². The van der Waals surface area contributed by atoms with E-state index in [-0.39, 0.29) is 17.7 Å². The van der Waals surface area contributed by atoms with Gasteiger partial charge < -0.3 is 10.1 Å². The van der Waals surface area contributed by atoms with E-state index in [1.165, 1.54) is 6.07 Å². The Hall–Kier alpha value is -2.41. The van der Waals surface area contributed by atoms with Gasteiger partial charge in [-0.1, -0.05) is 11.6 Å². The summed E-state index contributed by atoms with van der Waals surface area (Å²) >= 11 is 5.86. The number of carboxylic acid groups (broad SMARTS) is 1. The summed E-state index contributed by atoms with van der Waals surface area (Å²) in [6, 6.07) is 4.83. The summed E-state index contributed by atoms with van der Waals surface area (Å²) in [6.45, 7) is 1.73. The van der Waals surface area contributed by atoms with E-state index in [0.29, 0.717) is 21.7 Å². The average molecular weight is 307 g/mol. The summed E-state index contributed by atoms with van der Waals surface area (Å²) < 4.78 is 0. The van der Waals surface area contributed by atoms with Crippen LogP contribution >= 0.6 is 11.6 Å². The number of hydrogen-bond acceptors (Lipinski definition) is 5. The van der Waals surface area contributed by atoms with Crippen LogP contribution in [0.1, 0.15) is 19.2 Å². The van der Waals surface area contributed by atoms with Gasteiger partial charge in [-0.05, 0) is 25.1 Å². The van der Waals surface area contributed by atoms with Gasteiger partial charge in [0.1, 0.15) is 17.1 Å². The second-order valence-corrected chi connectivity index (χ2v) is 5.50. The lowest BCUT2D eigenvalue weighted by Crippen LogP contribution is -2.36. The number of hydrazone groups is 1. The van der Waals surface area contributed by atoms with E-state index in [4.69, 9.17) is 16.7 Å². The van der Waals surface area contributed by atoms with Gasteiger partial charge in [0.2, 0.25) is 0 Å². The summed E-state index contributed by atoms with van der Waals surface area (Å²) in [5, 5.41) is 13.6. The highest BCUT2D eigenvalue weighted by Crippen LogP contribution is 2.27. The number of H-pyrrole nitrogens is 1. The van der Waals surface area contributed by atoms with E-state index in [0.717, 1.165) is 0 Å². The first-order chi connectivity index (χ1) is 9.89. The topological polar surface area (TPSA) is 107 Å². The molecule has 1 aromatic carbocycles. The fourth-order valence-electron chi connectivity index (χ4n) is 2.24. The number of carbonyl (C=O) groups is 1. The van der Waals surface area contributed by atoms with E-state index in [1.54, 1.807) is 19.1 Å². The molecular weight excluding hydrogens is 296 g/mol. The van der Waals surface area contributed by atoms with Crippen molar-refractivity contribution in [2.75, 3.05) is 0 Å². The summed E-state index contributed by atoms with van der Waals surface area (Å²) in [4.78, 5) is 30.1. The van der Waals surface area contributed by atoms with E-state index < -0.39 is 11.5 Å². The number of hydrogen-bond donors (Lipinski definition) is 3. The molecule has 1 unspecified atom stereocenters. The molecule has 8 heteroatoms. The molecule has 0 radical (unpaired) electrons. The van der Waals surface area contributed by atoms with Gasteiger partial charge in [0.25, 0.3) is 5.56 Å². The molecule has 0 fully saturated rings. The maximum atomic E-state index is 12.1. The first-order valence-electron chi connectivity index (χ1n) is 6.16. The molecule has 0 amide bonds. The smallest absolute Gasteiger partial charge is 0.352 e. The first-order valence-corrected chi connectivity index (χ1v) is 6.54. The van der Waals surface area contributed by atoms with Gasteiger partial charge in [0, 0.05) is 11.4 Å². The molecule has 1 aliphatic heterocycles. The predicted octanol–water partition coefficient (Wildman–Crippen LogP) is 1.23. The third kappa shape index (κ3) is 2.25. The Bertz CT molecular complexity index is 845. The largest absolute Gasteiger partial charge is 0.477 e. The molecule has 0 spiro atoms. The van der Waals surface area contributed by atoms with Crippen molar-refractivity contribution in [3.63, 3.8) is 0 Å². The molecule has 0 aliphatic carbocycles. The van der Waals surface area contributed by atoms with Crippen LogP contribution in [0.2, 0.25) is 5.02 Å². The molecule has 1 aromatic heterocycles. The average Bonchev–Trinajstić information content (AvgIpc) is 2.84. The third-order valence-electron chi connectivity index (χ3n) is 3.40. The van der Waals surface area contributed by atoms with Crippen LogP contribution in [0.25, 0.3) is 10.9 Å². The van der Waals surface area contributed by atoms with E-state index in [1.807, 2.05) is 0 Å². The Kier molecular flexibility index (Phi) is 2.94. The lowest BCUT2D eigenvalue weighted by Gasteiger charge is -2.22. The number of aliphatic carboxylic acids is 1. The van der Waals surface area contributed by atoms with Crippen molar-refractivity contribution in [1.29, 1.82) is 0 Å². The van der Waals surface area contributed by atoms with Crippen molar-refractivity contribution < 1.29 is 9.90 Å². The molecule has 1 aliphatic rings. The van der Waals surface area contributed by atoms with Gasteiger partial charge in [-0.15, -0.1) is 0 Å². The molecule has 108 valence electrons. The Labute approximate surface area is 123 Å². The molecule has 21 heavy (non-hydrogen) atoms. The summed E-state index contributed by atoms with van der Waals surface area (Å²) in [6.07, 6.45) is 0.129. The van der Waals surface area contributed by atoms with Crippen molar-refractivity contribution >= 4 is 34.2 Å². The number of nitrogens with zero attached hydrogens (tertiary/aromatic N) is 2. The van der Waals surface area contributed by atoms with Crippen molar-refractivity contribution in [3.05, 3.63) is 39.4 Å². The standard InChI is InChI=1S/C13H11ClN4O3/c1-13(5-9(11(20)21)17-18-13)12-15-8-3-2-6(14)4-7(8)10(19)16-12/h2-4,18H,5H2,1H3,(H,20,21)(H,15,16,19). The number of fused-ring (bicyclic) bond motifs is 1. The minimum atomic E-state index is -1.10. The Morgan fingerprint density at radius 2 is 2.24 bits per heavy atom. The Balaban J connectivity index is 2.09. The summed E-state index contributed by atoms with van der Waals surface area (Å²) in [7, 11) is 0. The van der Waals surface area contributed by atoms with Crippen LogP contribution < -0.4 is 11.0 Å². The maximum absolute atomic E-state index is 12.1. The number of aromatic amines is 1. The monoisotopic (exact) mass is 306 g/mol. The fraction of sp³-hybridized carbons (Fsp3) is 0.231. The SMILES string of the molecule is CC1(c2nc3ccc(Cl)cc3c(=O)[nH]2)CC(C(=O)O)=NN1. The van der Waals surface area contributed by atoms with Crippen molar-refractivity contribution in [2.24, 2.45) is 5.10 Å². The lowest BCUT2D eigenvalue weighted by molar-refractivity contribution is -0.129. The zero-order valence-electron chi connectivity index (χ0n) is 11.0. The number of halogens is 1. The maximum Gasteiger partial charge on any atom is 0.352 e. The van der Waals surface area contributed by atoms with Crippen LogP contribution in [0.3, 0.4) is 0 Å². The number of carboxylic acids is 1. The van der Waals surface area contributed by atoms with E-state index in [2.05, 4.69) is 20.5 Å². The van der Waals surface area contributed by atoms with Gasteiger partial charge in [-0.25, -0.2) is 9.78 Å². The highest BCUT2D eigenvalue weighted by Gasteiger charge is 2.38. The molecule has 0 saturated heterocycles. The van der Waals surface area contributed by atoms with E-state index >= 15 is 0 Å². The fourth-order valence-corrected chi connectivity index (χ4v) is 2.41. The second-order valence-electron chi connectivity index (χ2n) is 5.06. The molecule has 2 aromatic rings. The number of aromatic nitrogens is 2. The lowest BCUT2D eigenvalue weighted by atomic mass is 9.96. The molecule has 3 N–H and O–H groups in total. The molecule has 3 rings (SSSR count). The highest BCUT2D eigenvalue weighted by atomic mass is 35.5. The van der Waals surface area contributed by atoms with Gasteiger partial charge >= 0.3 is 5.97 Å². The van der Waals surface area contributed by atoms with Crippen molar-refractivity contribution in [2.45, 2.75) is 18.9 Å². The number of rotatable bonds is 2. The van der Waals surface area contributed by atoms with Crippen molar-refractivity contribution in [1.82, 2.24) is 15.4 Å². The van der Waals surface area contributed by atoms with Crippen molar-refractivity contribution in [3.8, 4) is 0 Å². The molecule has 0 saturated carbocycles. The van der Waals surface area contributed by atoms with Crippen LogP contribution in [0.15, 0.2) is 28.1 Å². The van der Waals surface area contributed by atoms with Gasteiger partial charge in [0.05, 0.1) is 10.9 Å². The third-order valence-corrected chi connectivity index (χ3v) is 3.63. The normalized spacial score (nSPS) is 21.1. The van der Waals surface area contributed by atoms with Crippen LogP contribution in [0, 0.1) is 0 Å². The predicted molar refractivity (Wildman–Crippen MR) is 77.5 cm³/mol. The zero-order chi connectivity index (χ0) is 15.2.